The highest BCUT2D eigenvalue weighted by atomic mass is 79.9. The molecule has 1 aromatic carbocycles. The lowest BCUT2D eigenvalue weighted by Gasteiger charge is -2.10. The van der Waals surface area contributed by atoms with Crippen LogP contribution >= 0.6 is 15.9 Å². The minimum Gasteiger partial charge on any atom is -0.366 e. The Kier molecular flexibility index (Phi) is 4.20. The molecule has 1 N–H and O–H groups in total. The van der Waals surface area contributed by atoms with Crippen LogP contribution in [0.3, 0.4) is 0 Å². The second-order valence-electron chi connectivity index (χ2n) is 4.72. The number of nitrogens with one attached hydrogen (secondary N) is 1. The maximum absolute atomic E-state index is 13.5. The largest absolute Gasteiger partial charge is 0.366 e. The maximum Gasteiger partial charge on any atom is 0.129 e. The zero-order chi connectivity index (χ0) is 14.0. The molecule has 0 fully saturated rings. The molecule has 2 nitrogen and oxygen atoms in total. The molecule has 0 atom stereocenters. The van der Waals surface area contributed by atoms with Gasteiger partial charge in [0, 0.05) is 17.2 Å². The van der Waals surface area contributed by atoms with Gasteiger partial charge in [-0.05, 0) is 65.0 Å². The molecule has 0 unspecified atom stereocenters. The molecule has 0 bridgehead atoms. The van der Waals surface area contributed by atoms with Crippen molar-refractivity contribution in [2.45, 2.75) is 27.3 Å². The fourth-order valence-electron chi connectivity index (χ4n) is 2.05. The van der Waals surface area contributed by atoms with Gasteiger partial charge in [-0.1, -0.05) is 12.1 Å². The summed E-state index contributed by atoms with van der Waals surface area (Å²) in [6, 6.07) is 5.74. The van der Waals surface area contributed by atoms with Gasteiger partial charge < -0.3 is 5.32 Å². The van der Waals surface area contributed by atoms with Gasteiger partial charge in [0.05, 0.1) is 0 Å². The number of pyridine rings is 1. The van der Waals surface area contributed by atoms with E-state index >= 15 is 0 Å². The molecule has 0 spiro atoms. The molecule has 4 heteroatoms. The standard InChI is InChI=1S/C15H16BrFN2/c1-9-4-12(5-10(2)14(9)17)7-18-15-11(3)6-13(16)8-19-15/h4-6,8H,7H2,1-3H3,(H,18,19). The van der Waals surface area contributed by atoms with Gasteiger partial charge in [0.15, 0.2) is 0 Å². The number of aryl methyl sites for hydroxylation is 3. The molecule has 2 aromatic rings. The van der Waals surface area contributed by atoms with Crippen molar-refractivity contribution in [1.82, 2.24) is 4.98 Å². The van der Waals surface area contributed by atoms with Crippen molar-refractivity contribution in [2.75, 3.05) is 5.32 Å². The van der Waals surface area contributed by atoms with Gasteiger partial charge in [0.2, 0.25) is 0 Å². The molecule has 0 amide bonds. The second kappa shape index (κ2) is 5.70. The van der Waals surface area contributed by atoms with Crippen molar-refractivity contribution in [1.29, 1.82) is 0 Å². The van der Waals surface area contributed by atoms with Crippen molar-refractivity contribution < 1.29 is 4.39 Å². The summed E-state index contributed by atoms with van der Waals surface area (Å²) >= 11 is 3.39. The first-order valence-corrected chi connectivity index (χ1v) is 6.88. The zero-order valence-corrected chi connectivity index (χ0v) is 12.8. The Morgan fingerprint density at radius 3 is 2.32 bits per heavy atom. The Bertz CT molecular complexity index is 588. The van der Waals surface area contributed by atoms with E-state index in [4.69, 9.17) is 0 Å². The first kappa shape index (κ1) is 14.0. The Morgan fingerprint density at radius 2 is 1.74 bits per heavy atom. The first-order valence-electron chi connectivity index (χ1n) is 6.09. The smallest absolute Gasteiger partial charge is 0.129 e. The molecule has 0 aliphatic heterocycles. The molecule has 100 valence electrons. The fraction of sp³-hybridized carbons (Fsp3) is 0.267. The van der Waals surface area contributed by atoms with Crippen LogP contribution in [0.5, 0.6) is 0 Å². The molecule has 0 aliphatic rings. The van der Waals surface area contributed by atoms with Crippen molar-refractivity contribution in [3.05, 3.63) is 56.9 Å². The summed E-state index contributed by atoms with van der Waals surface area (Å²) in [6.45, 7) is 6.21. The lowest BCUT2D eigenvalue weighted by Crippen LogP contribution is -2.04. The zero-order valence-electron chi connectivity index (χ0n) is 11.2. The molecule has 0 saturated heterocycles. The Hall–Kier alpha value is -1.42. The SMILES string of the molecule is Cc1cc(Br)cnc1NCc1cc(C)c(F)c(C)c1. The second-order valence-corrected chi connectivity index (χ2v) is 5.63. The topological polar surface area (TPSA) is 24.9 Å². The van der Waals surface area contributed by atoms with Crippen molar-refractivity contribution in [2.24, 2.45) is 0 Å². The molecule has 19 heavy (non-hydrogen) atoms. The number of nitrogens with zero attached hydrogens (tertiary/aromatic N) is 1. The summed E-state index contributed by atoms with van der Waals surface area (Å²) in [5.41, 5.74) is 3.49. The summed E-state index contributed by atoms with van der Waals surface area (Å²) in [5.74, 6) is 0.726. The number of anilines is 1. The van der Waals surface area contributed by atoms with Crippen LogP contribution in [-0.2, 0) is 6.54 Å². The average Bonchev–Trinajstić information content (AvgIpc) is 2.34. The minimum atomic E-state index is -0.123. The van der Waals surface area contributed by atoms with E-state index in [-0.39, 0.29) is 5.82 Å². The van der Waals surface area contributed by atoms with Crippen LogP contribution < -0.4 is 5.32 Å². The monoisotopic (exact) mass is 322 g/mol. The fourth-order valence-corrected chi connectivity index (χ4v) is 2.49. The van der Waals surface area contributed by atoms with E-state index in [2.05, 4.69) is 26.2 Å². The Labute approximate surface area is 121 Å². The number of hydrogen-bond acceptors (Lipinski definition) is 2. The lowest BCUT2D eigenvalue weighted by atomic mass is 10.1. The van der Waals surface area contributed by atoms with E-state index in [1.165, 1.54) is 0 Å². The van der Waals surface area contributed by atoms with E-state index in [1.54, 1.807) is 20.0 Å². The van der Waals surface area contributed by atoms with Crippen LogP contribution in [0.4, 0.5) is 10.2 Å². The van der Waals surface area contributed by atoms with Crippen molar-refractivity contribution in [3.63, 3.8) is 0 Å². The van der Waals surface area contributed by atoms with Crippen LogP contribution in [0, 0.1) is 26.6 Å². The third-order valence-electron chi connectivity index (χ3n) is 3.00. The van der Waals surface area contributed by atoms with Crippen molar-refractivity contribution in [3.8, 4) is 0 Å². The molecule has 2 rings (SSSR count). The highest BCUT2D eigenvalue weighted by molar-refractivity contribution is 9.10. The van der Waals surface area contributed by atoms with Gasteiger partial charge in [-0.2, -0.15) is 0 Å². The molecule has 1 aromatic heterocycles. The van der Waals surface area contributed by atoms with Gasteiger partial charge in [-0.3, -0.25) is 0 Å². The van der Waals surface area contributed by atoms with Crippen LogP contribution in [0.1, 0.15) is 22.3 Å². The highest BCUT2D eigenvalue weighted by Crippen LogP contribution is 2.19. The third kappa shape index (κ3) is 3.32. The van der Waals surface area contributed by atoms with Gasteiger partial charge in [-0.15, -0.1) is 0 Å². The summed E-state index contributed by atoms with van der Waals surface area (Å²) in [4.78, 5) is 4.32. The Balaban J connectivity index is 2.14. The molecular formula is C15H16BrFN2. The van der Waals surface area contributed by atoms with Gasteiger partial charge in [0.1, 0.15) is 11.6 Å². The summed E-state index contributed by atoms with van der Waals surface area (Å²) in [5, 5.41) is 3.28. The normalized spacial score (nSPS) is 10.6. The number of benzene rings is 1. The first-order chi connectivity index (χ1) is 8.97. The van der Waals surface area contributed by atoms with Crippen LogP contribution in [0.15, 0.2) is 28.9 Å². The van der Waals surface area contributed by atoms with Crippen LogP contribution in [0.25, 0.3) is 0 Å². The molecular weight excluding hydrogens is 307 g/mol. The molecule has 0 aliphatic carbocycles. The highest BCUT2D eigenvalue weighted by Gasteiger charge is 2.05. The Morgan fingerprint density at radius 1 is 1.11 bits per heavy atom. The number of rotatable bonds is 3. The molecule has 0 radical (unpaired) electrons. The number of aromatic nitrogens is 1. The van der Waals surface area contributed by atoms with Gasteiger partial charge >= 0.3 is 0 Å². The van der Waals surface area contributed by atoms with E-state index in [9.17, 15) is 4.39 Å². The summed E-state index contributed by atoms with van der Waals surface area (Å²) in [6.07, 6.45) is 1.76. The third-order valence-corrected chi connectivity index (χ3v) is 3.43. The lowest BCUT2D eigenvalue weighted by molar-refractivity contribution is 0.608. The number of halogens is 2. The number of hydrogen-bond donors (Lipinski definition) is 1. The van der Waals surface area contributed by atoms with Crippen LogP contribution in [0.2, 0.25) is 0 Å². The summed E-state index contributed by atoms with van der Waals surface area (Å²) < 4.78 is 14.5. The van der Waals surface area contributed by atoms with E-state index in [0.29, 0.717) is 17.7 Å². The predicted molar refractivity (Wildman–Crippen MR) is 79.9 cm³/mol. The summed E-state index contributed by atoms with van der Waals surface area (Å²) in [7, 11) is 0. The van der Waals surface area contributed by atoms with E-state index in [0.717, 1.165) is 21.4 Å². The maximum atomic E-state index is 13.5. The van der Waals surface area contributed by atoms with Crippen molar-refractivity contribution >= 4 is 21.7 Å². The minimum absolute atomic E-state index is 0.123. The average molecular weight is 323 g/mol. The van der Waals surface area contributed by atoms with E-state index < -0.39 is 0 Å². The predicted octanol–water partition coefficient (Wildman–Crippen LogP) is 4.52. The van der Waals surface area contributed by atoms with E-state index in [1.807, 2.05) is 25.1 Å². The molecule has 0 saturated carbocycles. The molecule has 1 heterocycles. The van der Waals surface area contributed by atoms with Crippen LogP contribution in [-0.4, -0.2) is 4.98 Å². The van der Waals surface area contributed by atoms with Gasteiger partial charge in [0.25, 0.3) is 0 Å². The van der Waals surface area contributed by atoms with Gasteiger partial charge in [-0.25, -0.2) is 9.37 Å². The quantitative estimate of drug-likeness (QED) is 0.898.